The minimum atomic E-state index is 0.247. The molecule has 0 fully saturated rings. The third-order valence-electron chi connectivity index (χ3n) is 2.52. The van der Waals surface area contributed by atoms with E-state index in [1.807, 2.05) is 0 Å². The van der Waals surface area contributed by atoms with Crippen molar-refractivity contribution in [1.82, 2.24) is 0 Å². The molecular weight excluding hydrogens is 136 g/mol. The highest BCUT2D eigenvalue weighted by atomic mass is 16.1. The van der Waals surface area contributed by atoms with Crippen LogP contribution in [0.1, 0.15) is 39.0 Å². The summed E-state index contributed by atoms with van der Waals surface area (Å²) < 4.78 is 0. The highest BCUT2D eigenvalue weighted by Gasteiger charge is 2.27. The third kappa shape index (κ3) is 1.92. The van der Waals surface area contributed by atoms with Gasteiger partial charge in [-0.1, -0.05) is 25.5 Å². The molecular formula is C10H16O. The average Bonchev–Trinajstić information content (AvgIpc) is 2.39. The zero-order valence-electron chi connectivity index (χ0n) is 7.18. The normalized spacial score (nSPS) is 29.2. The van der Waals surface area contributed by atoms with Gasteiger partial charge in [0.25, 0.3) is 0 Å². The first kappa shape index (κ1) is 8.51. The van der Waals surface area contributed by atoms with Crippen molar-refractivity contribution in [2.45, 2.75) is 39.0 Å². The molecule has 0 N–H and O–H groups in total. The van der Waals surface area contributed by atoms with Crippen molar-refractivity contribution in [3.8, 4) is 0 Å². The number of hydrogen-bond donors (Lipinski definition) is 0. The van der Waals surface area contributed by atoms with E-state index in [-0.39, 0.29) is 5.41 Å². The Morgan fingerprint density at radius 1 is 1.64 bits per heavy atom. The second-order valence-electron chi connectivity index (χ2n) is 3.42. The molecule has 0 saturated carbocycles. The van der Waals surface area contributed by atoms with Gasteiger partial charge in [0.2, 0.25) is 0 Å². The fourth-order valence-corrected chi connectivity index (χ4v) is 1.93. The van der Waals surface area contributed by atoms with Gasteiger partial charge in [0, 0.05) is 6.42 Å². The van der Waals surface area contributed by atoms with E-state index >= 15 is 0 Å². The second kappa shape index (κ2) is 3.70. The minimum absolute atomic E-state index is 0.247. The SMILES string of the molecule is CCCC1(CC=O)C=CCC1. The van der Waals surface area contributed by atoms with Crippen molar-refractivity contribution in [1.29, 1.82) is 0 Å². The van der Waals surface area contributed by atoms with Gasteiger partial charge in [-0.2, -0.15) is 0 Å². The van der Waals surface area contributed by atoms with Crippen LogP contribution in [0.25, 0.3) is 0 Å². The van der Waals surface area contributed by atoms with Crippen LogP contribution in [0, 0.1) is 5.41 Å². The van der Waals surface area contributed by atoms with Gasteiger partial charge in [-0.3, -0.25) is 0 Å². The minimum Gasteiger partial charge on any atom is -0.303 e. The molecule has 0 spiro atoms. The first-order valence-electron chi connectivity index (χ1n) is 4.44. The van der Waals surface area contributed by atoms with Gasteiger partial charge >= 0.3 is 0 Å². The predicted molar refractivity (Wildman–Crippen MR) is 46.4 cm³/mol. The van der Waals surface area contributed by atoms with E-state index in [2.05, 4.69) is 19.1 Å². The van der Waals surface area contributed by atoms with Crippen LogP contribution in [0.5, 0.6) is 0 Å². The van der Waals surface area contributed by atoms with Crippen LogP contribution in [0.4, 0.5) is 0 Å². The van der Waals surface area contributed by atoms with Crippen LogP contribution in [-0.2, 0) is 4.79 Å². The lowest BCUT2D eigenvalue weighted by Crippen LogP contribution is -2.15. The smallest absolute Gasteiger partial charge is 0.120 e. The predicted octanol–water partition coefficient (Wildman–Crippen LogP) is 2.71. The summed E-state index contributed by atoms with van der Waals surface area (Å²) in [5.41, 5.74) is 0.247. The Hall–Kier alpha value is -0.590. The summed E-state index contributed by atoms with van der Waals surface area (Å²) in [6, 6.07) is 0. The van der Waals surface area contributed by atoms with E-state index < -0.39 is 0 Å². The molecule has 0 heterocycles. The fraction of sp³-hybridized carbons (Fsp3) is 0.700. The zero-order chi connectivity index (χ0) is 8.16. The Morgan fingerprint density at radius 2 is 2.45 bits per heavy atom. The van der Waals surface area contributed by atoms with Crippen molar-refractivity contribution in [2.24, 2.45) is 5.41 Å². The summed E-state index contributed by atoms with van der Waals surface area (Å²) in [5.74, 6) is 0. The third-order valence-corrected chi connectivity index (χ3v) is 2.52. The summed E-state index contributed by atoms with van der Waals surface area (Å²) in [7, 11) is 0. The molecule has 1 aliphatic rings. The molecule has 0 radical (unpaired) electrons. The quantitative estimate of drug-likeness (QED) is 0.447. The van der Waals surface area contributed by atoms with E-state index in [0.29, 0.717) is 0 Å². The van der Waals surface area contributed by atoms with Crippen LogP contribution in [-0.4, -0.2) is 6.29 Å². The lowest BCUT2D eigenvalue weighted by molar-refractivity contribution is -0.109. The van der Waals surface area contributed by atoms with Gasteiger partial charge in [-0.05, 0) is 24.7 Å². The molecule has 1 aliphatic carbocycles. The van der Waals surface area contributed by atoms with E-state index in [1.54, 1.807) is 0 Å². The summed E-state index contributed by atoms with van der Waals surface area (Å²) >= 11 is 0. The highest BCUT2D eigenvalue weighted by Crippen LogP contribution is 2.38. The summed E-state index contributed by atoms with van der Waals surface area (Å²) in [4.78, 5) is 10.4. The Kier molecular flexibility index (Phi) is 2.86. The lowest BCUT2D eigenvalue weighted by atomic mass is 9.80. The Balaban J connectivity index is 2.55. The number of rotatable bonds is 4. The maximum Gasteiger partial charge on any atom is 0.120 e. The molecule has 0 aliphatic heterocycles. The standard InChI is InChI=1S/C10H16O/c1-2-5-10(8-9-11)6-3-4-7-10/h3,6,9H,2,4-5,7-8H2,1H3. The maximum absolute atomic E-state index is 10.4. The first-order chi connectivity index (χ1) is 5.33. The van der Waals surface area contributed by atoms with Gasteiger partial charge < -0.3 is 4.79 Å². The van der Waals surface area contributed by atoms with E-state index in [1.165, 1.54) is 19.3 Å². The van der Waals surface area contributed by atoms with Crippen molar-refractivity contribution in [2.75, 3.05) is 0 Å². The lowest BCUT2D eigenvalue weighted by Gasteiger charge is -2.23. The van der Waals surface area contributed by atoms with Crippen LogP contribution in [0.3, 0.4) is 0 Å². The largest absolute Gasteiger partial charge is 0.303 e. The van der Waals surface area contributed by atoms with Crippen molar-refractivity contribution >= 4 is 6.29 Å². The molecule has 0 amide bonds. The highest BCUT2D eigenvalue weighted by molar-refractivity contribution is 5.52. The summed E-state index contributed by atoms with van der Waals surface area (Å²) in [5, 5.41) is 0. The molecule has 1 rings (SSSR count). The van der Waals surface area contributed by atoms with Crippen LogP contribution >= 0.6 is 0 Å². The maximum atomic E-state index is 10.4. The van der Waals surface area contributed by atoms with E-state index in [0.717, 1.165) is 19.1 Å². The number of carbonyl (C=O) groups excluding carboxylic acids is 1. The Bertz CT molecular complexity index is 160. The van der Waals surface area contributed by atoms with Gasteiger partial charge in [0.15, 0.2) is 0 Å². The molecule has 0 aromatic heterocycles. The fourth-order valence-electron chi connectivity index (χ4n) is 1.93. The van der Waals surface area contributed by atoms with Crippen molar-refractivity contribution in [3.63, 3.8) is 0 Å². The number of hydrogen-bond acceptors (Lipinski definition) is 1. The molecule has 1 atom stereocenters. The van der Waals surface area contributed by atoms with Gasteiger partial charge in [0.05, 0.1) is 0 Å². The summed E-state index contributed by atoms with van der Waals surface area (Å²) in [6.45, 7) is 2.18. The number of allylic oxidation sites excluding steroid dienone is 2. The second-order valence-corrected chi connectivity index (χ2v) is 3.42. The number of aldehydes is 1. The molecule has 62 valence electrons. The topological polar surface area (TPSA) is 17.1 Å². The molecule has 1 heteroatoms. The van der Waals surface area contributed by atoms with Crippen LogP contribution in [0.2, 0.25) is 0 Å². The molecule has 1 unspecified atom stereocenters. The van der Waals surface area contributed by atoms with Gasteiger partial charge in [-0.15, -0.1) is 0 Å². The molecule has 0 aromatic rings. The Labute approximate surface area is 68.5 Å². The zero-order valence-corrected chi connectivity index (χ0v) is 7.18. The molecule has 11 heavy (non-hydrogen) atoms. The van der Waals surface area contributed by atoms with Crippen molar-refractivity contribution < 1.29 is 4.79 Å². The molecule has 0 saturated heterocycles. The van der Waals surface area contributed by atoms with Crippen LogP contribution < -0.4 is 0 Å². The van der Waals surface area contributed by atoms with Gasteiger partial charge in [-0.25, -0.2) is 0 Å². The van der Waals surface area contributed by atoms with Crippen molar-refractivity contribution in [3.05, 3.63) is 12.2 Å². The van der Waals surface area contributed by atoms with E-state index in [9.17, 15) is 4.79 Å². The monoisotopic (exact) mass is 152 g/mol. The van der Waals surface area contributed by atoms with Crippen LogP contribution in [0.15, 0.2) is 12.2 Å². The number of carbonyl (C=O) groups is 1. The molecule has 0 aromatic carbocycles. The molecule has 1 nitrogen and oxygen atoms in total. The van der Waals surface area contributed by atoms with Gasteiger partial charge in [0.1, 0.15) is 6.29 Å². The Morgan fingerprint density at radius 3 is 2.91 bits per heavy atom. The summed E-state index contributed by atoms with van der Waals surface area (Å²) in [6.07, 6.45) is 10.9. The van der Waals surface area contributed by atoms with E-state index in [4.69, 9.17) is 0 Å². The molecule has 0 bridgehead atoms. The first-order valence-corrected chi connectivity index (χ1v) is 4.44. The average molecular weight is 152 g/mol.